The smallest absolute Gasteiger partial charge is 0.337 e. The molecule has 0 radical (unpaired) electrons. The van der Waals surface area contributed by atoms with E-state index < -0.39 is 0 Å². The summed E-state index contributed by atoms with van der Waals surface area (Å²) < 4.78 is 15.5. The number of methoxy groups -OCH3 is 1. The maximum atomic E-state index is 11.7. The average Bonchev–Trinajstić information content (AvgIpc) is 2.79. The standard InChI is InChI=1S/C22H31NO5.C2H6/c1-4-9-18(5-2)17-28-21(24)16-23-14-7-6-8-15-27-20-12-10-19(11-13-20)22(25)26-3;1-2/h4-5,9-13,23H,6-8,14-17H2,1-3H3;1-2H3/b9-4-,18-5+;. The van der Waals surface area contributed by atoms with E-state index in [1.165, 1.54) is 7.11 Å². The van der Waals surface area contributed by atoms with Crippen LogP contribution in [0.2, 0.25) is 0 Å². The lowest BCUT2D eigenvalue weighted by Gasteiger charge is -2.08. The largest absolute Gasteiger partial charge is 0.494 e. The van der Waals surface area contributed by atoms with Crippen molar-refractivity contribution in [2.45, 2.75) is 47.0 Å². The Morgan fingerprint density at radius 1 is 1.03 bits per heavy atom. The molecule has 1 aromatic rings. The molecule has 1 N–H and O–H groups in total. The molecule has 168 valence electrons. The lowest BCUT2D eigenvalue weighted by molar-refractivity contribution is -0.141. The minimum Gasteiger partial charge on any atom is -0.494 e. The summed E-state index contributed by atoms with van der Waals surface area (Å²) in [7, 11) is 1.36. The molecule has 1 rings (SSSR count). The minimum absolute atomic E-state index is 0.218. The number of carbonyl (C=O) groups excluding carboxylic acids is 2. The summed E-state index contributed by atoms with van der Waals surface area (Å²) >= 11 is 0. The van der Waals surface area contributed by atoms with Gasteiger partial charge >= 0.3 is 11.9 Å². The lowest BCUT2D eigenvalue weighted by Crippen LogP contribution is -2.26. The summed E-state index contributed by atoms with van der Waals surface area (Å²) in [4.78, 5) is 23.0. The predicted molar refractivity (Wildman–Crippen MR) is 121 cm³/mol. The van der Waals surface area contributed by atoms with E-state index in [1.54, 1.807) is 24.3 Å². The van der Waals surface area contributed by atoms with E-state index in [-0.39, 0.29) is 18.5 Å². The number of unbranched alkanes of at least 4 members (excludes halogenated alkanes) is 2. The highest BCUT2D eigenvalue weighted by molar-refractivity contribution is 5.89. The second-order valence-corrected chi connectivity index (χ2v) is 6.13. The van der Waals surface area contributed by atoms with E-state index in [0.717, 1.165) is 37.1 Å². The Kier molecular flexibility index (Phi) is 16.8. The van der Waals surface area contributed by atoms with E-state index in [9.17, 15) is 9.59 Å². The molecule has 0 saturated heterocycles. The summed E-state index contributed by atoms with van der Waals surface area (Å²) in [5, 5.41) is 3.09. The Morgan fingerprint density at radius 2 is 1.73 bits per heavy atom. The molecule has 6 nitrogen and oxygen atoms in total. The Hall–Kier alpha value is -2.60. The molecular weight excluding hydrogens is 382 g/mol. The first-order valence-electron chi connectivity index (χ1n) is 10.6. The summed E-state index contributed by atoms with van der Waals surface area (Å²) in [5.74, 6) is 0.123. The maximum Gasteiger partial charge on any atom is 0.337 e. The van der Waals surface area contributed by atoms with Crippen molar-refractivity contribution in [2.24, 2.45) is 0 Å². The van der Waals surface area contributed by atoms with Crippen molar-refractivity contribution in [3.63, 3.8) is 0 Å². The number of allylic oxidation sites excluding steroid dienone is 2. The predicted octanol–water partition coefficient (Wildman–Crippen LogP) is 4.70. The molecule has 0 aliphatic carbocycles. The fraction of sp³-hybridized carbons (Fsp3) is 0.500. The molecule has 0 aliphatic heterocycles. The molecule has 0 saturated carbocycles. The van der Waals surface area contributed by atoms with Crippen LogP contribution >= 0.6 is 0 Å². The van der Waals surface area contributed by atoms with Gasteiger partial charge in [-0.1, -0.05) is 32.1 Å². The quantitative estimate of drug-likeness (QED) is 0.284. The van der Waals surface area contributed by atoms with Crippen LogP contribution in [0.5, 0.6) is 5.75 Å². The van der Waals surface area contributed by atoms with Crippen molar-refractivity contribution in [2.75, 3.05) is 33.4 Å². The van der Waals surface area contributed by atoms with Crippen LogP contribution in [0.25, 0.3) is 0 Å². The highest BCUT2D eigenvalue weighted by Gasteiger charge is 2.05. The topological polar surface area (TPSA) is 73.9 Å². The Bertz CT molecular complexity index is 650. The van der Waals surface area contributed by atoms with Gasteiger partial charge in [-0.2, -0.15) is 0 Å². The molecule has 0 fully saturated rings. The first-order valence-corrected chi connectivity index (χ1v) is 10.6. The zero-order valence-corrected chi connectivity index (χ0v) is 19.0. The third kappa shape index (κ3) is 12.8. The number of nitrogens with one attached hydrogen (secondary N) is 1. The molecule has 0 aromatic heterocycles. The number of benzene rings is 1. The van der Waals surface area contributed by atoms with Crippen molar-refractivity contribution < 1.29 is 23.8 Å². The van der Waals surface area contributed by atoms with Crippen molar-refractivity contribution in [1.29, 1.82) is 0 Å². The Labute approximate surface area is 181 Å². The van der Waals surface area contributed by atoms with Crippen LogP contribution in [0.4, 0.5) is 0 Å². The molecule has 0 atom stereocenters. The van der Waals surface area contributed by atoms with Crippen LogP contribution in [0.3, 0.4) is 0 Å². The average molecular weight is 420 g/mol. The summed E-state index contributed by atoms with van der Waals surface area (Å²) in [6, 6.07) is 6.88. The summed E-state index contributed by atoms with van der Waals surface area (Å²) in [6.45, 7) is 9.74. The van der Waals surface area contributed by atoms with Gasteiger partial charge in [0.1, 0.15) is 12.4 Å². The fourth-order valence-electron chi connectivity index (χ4n) is 2.37. The molecule has 0 amide bonds. The van der Waals surface area contributed by atoms with Crippen molar-refractivity contribution >= 4 is 11.9 Å². The van der Waals surface area contributed by atoms with E-state index in [2.05, 4.69) is 10.1 Å². The third-order valence-electron chi connectivity index (χ3n) is 3.96. The van der Waals surface area contributed by atoms with Crippen LogP contribution in [0.1, 0.15) is 57.3 Å². The van der Waals surface area contributed by atoms with Gasteiger partial charge in [-0.25, -0.2) is 4.79 Å². The first kappa shape index (κ1) is 27.4. The van der Waals surface area contributed by atoms with Gasteiger partial charge in [0, 0.05) is 0 Å². The Balaban J connectivity index is 0.00000407. The number of hydrogen-bond acceptors (Lipinski definition) is 6. The maximum absolute atomic E-state index is 11.7. The molecule has 6 heteroatoms. The lowest BCUT2D eigenvalue weighted by atomic mass is 10.2. The second-order valence-electron chi connectivity index (χ2n) is 6.13. The van der Waals surface area contributed by atoms with E-state index >= 15 is 0 Å². The van der Waals surface area contributed by atoms with Gasteiger partial charge in [-0.3, -0.25) is 4.79 Å². The van der Waals surface area contributed by atoms with Crippen LogP contribution in [-0.2, 0) is 14.3 Å². The third-order valence-corrected chi connectivity index (χ3v) is 3.96. The number of carbonyl (C=O) groups is 2. The summed E-state index contributed by atoms with van der Waals surface area (Å²) in [6.07, 6.45) is 8.64. The highest BCUT2D eigenvalue weighted by atomic mass is 16.5. The van der Waals surface area contributed by atoms with Gasteiger partial charge in [-0.05, 0) is 69.5 Å². The second kappa shape index (κ2) is 18.4. The first-order chi connectivity index (χ1) is 14.6. The van der Waals surface area contributed by atoms with Gasteiger partial charge < -0.3 is 19.5 Å². The van der Waals surface area contributed by atoms with Crippen molar-refractivity contribution in [1.82, 2.24) is 5.32 Å². The van der Waals surface area contributed by atoms with Crippen molar-refractivity contribution in [3.05, 3.63) is 53.6 Å². The number of esters is 2. The van der Waals surface area contributed by atoms with Gasteiger partial charge in [0.25, 0.3) is 0 Å². The molecule has 30 heavy (non-hydrogen) atoms. The van der Waals surface area contributed by atoms with E-state index in [4.69, 9.17) is 9.47 Å². The van der Waals surface area contributed by atoms with Gasteiger partial charge in [0.05, 0.1) is 25.8 Å². The van der Waals surface area contributed by atoms with Crippen LogP contribution in [0, 0.1) is 0 Å². The van der Waals surface area contributed by atoms with E-state index in [1.807, 2.05) is 45.9 Å². The summed E-state index contributed by atoms with van der Waals surface area (Å²) in [5.41, 5.74) is 1.49. The molecule has 0 spiro atoms. The van der Waals surface area contributed by atoms with Crippen LogP contribution in [0.15, 0.2) is 48.1 Å². The van der Waals surface area contributed by atoms with Gasteiger partial charge in [0.15, 0.2) is 0 Å². The number of ether oxygens (including phenoxy) is 3. The monoisotopic (exact) mass is 419 g/mol. The number of rotatable bonds is 13. The van der Waals surface area contributed by atoms with Crippen LogP contribution in [-0.4, -0.2) is 45.4 Å². The SMILES string of the molecule is C/C=C\C(=C/C)COC(=O)CNCCCCCOc1ccc(C(=O)OC)cc1.CC. The highest BCUT2D eigenvalue weighted by Crippen LogP contribution is 2.13. The van der Waals surface area contributed by atoms with Crippen molar-refractivity contribution in [3.8, 4) is 5.75 Å². The molecule has 0 heterocycles. The normalized spacial score (nSPS) is 10.9. The molecule has 0 unspecified atom stereocenters. The zero-order valence-electron chi connectivity index (χ0n) is 19.0. The zero-order chi connectivity index (χ0) is 22.6. The molecular formula is C24H37NO5. The minimum atomic E-state index is -0.358. The molecule has 0 aliphatic rings. The fourth-order valence-corrected chi connectivity index (χ4v) is 2.37. The molecule has 0 bridgehead atoms. The Morgan fingerprint density at radius 3 is 2.33 bits per heavy atom. The van der Waals surface area contributed by atoms with Crippen LogP contribution < -0.4 is 10.1 Å². The van der Waals surface area contributed by atoms with E-state index in [0.29, 0.717) is 18.8 Å². The van der Waals surface area contributed by atoms with Gasteiger partial charge in [0.2, 0.25) is 0 Å². The number of hydrogen-bond donors (Lipinski definition) is 1. The van der Waals surface area contributed by atoms with Gasteiger partial charge in [-0.15, -0.1) is 0 Å². The molecule has 1 aromatic carbocycles.